The Bertz CT molecular complexity index is 775. The monoisotopic (exact) mass is 333 g/mol. The first-order valence-electron chi connectivity index (χ1n) is 8.67. The second-order valence-corrected chi connectivity index (χ2v) is 10.0. The molecular formula is C19H25FNOP. The van der Waals surface area contributed by atoms with E-state index in [0.717, 1.165) is 60.0 Å². The third-order valence-corrected chi connectivity index (χ3v) is 8.31. The number of fused-ring (bicyclic) bond motifs is 1. The minimum absolute atomic E-state index is 0.155. The van der Waals surface area contributed by atoms with Crippen LogP contribution in [0.4, 0.5) is 4.39 Å². The molecule has 1 saturated heterocycles. The van der Waals surface area contributed by atoms with Crippen LogP contribution < -0.4 is 5.30 Å². The molecule has 1 aliphatic rings. The molecule has 124 valence electrons. The number of nitrogens with zero attached hydrogens (tertiary/aromatic N) is 1. The van der Waals surface area contributed by atoms with E-state index in [0.29, 0.717) is 5.52 Å². The van der Waals surface area contributed by atoms with Crippen molar-refractivity contribution in [2.24, 2.45) is 0 Å². The number of aryl methyl sites for hydroxylation is 1. The zero-order valence-corrected chi connectivity index (χ0v) is 15.1. The Morgan fingerprint density at radius 2 is 1.91 bits per heavy atom. The van der Waals surface area contributed by atoms with Gasteiger partial charge in [0.15, 0.2) is 0 Å². The quantitative estimate of drug-likeness (QED) is 0.720. The summed E-state index contributed by atoms with van der Waals surface area (Å²) in [6, 6.07) is 5.48. The van der Waals surface area contributed by atoms with Crippen molar-refractivity contribution in [3.8, 4) is 0 Å². The first kappa shape index (κ1) is 16.6. The van der Waals surface area contributed by atoms with Crippen LogP contribution >= 0.6 is 7.14 Å². The Hall–Kier alpha value is -1.21. The number of aromatic nitrogens is 1. The van der Waals surface area contributed by atoms with Crippen LogP contribution in [-0.4, -0.2) is 17.3 Å². The third-order valence-electron chi connectivity index (χ3n) is 4.92. The molecule has 2 nitrogen and oxygen atoms in total. The maximum absolute atomic E-state index is 14.6. The van der Waals surface area contributed by atoms with Crippen molar-refractivity contribution in [3.63, 3.8) is 0 Å². The summed E-state index contributed by atoms with van der Waals surface area (Å²) in [5.41, 5.74) is 2.18. The van der Waals surface area contributed by atoms with Gasteiger partial charge in [-0.3, -0.25) is 0 Å². The zero-order valence-electron chi connectivity index (χ0n) is 14.2. The van der Waals surface area contributed by atoms with Crippen molar-refractivity contribution in [3.05, 3.63) is 35.3 Å². The normalized spacial score (nSPS) is 17.8. The molecule has 0 amide bonds. The summed E-state index contributed by atoms with van der Waals surface area (Å²) in [7, 11) is -2.45. The average molecular weight is 333 g/mol. The Balaban J connectivity index is 2.34. The summed E-state index contributed by atoms with van der Waals surface area (Å²) in [5, 5.41) is 1.69. The molecule has 2 heterocycles. The van der Waals surface area contributed by atoms with Gasteiger partial charge in [0.2, 0.25) is 0 Å². The zero-order chi connectivity index (χ0) is 16.6. The Labute approximate surface area is 137 Å². The number of benzene rings is 1. The fraction of sp³-hybridized carbons (Fsp3) is 0.526. The largest absolute Gasteiger partial charge is 0.319 e. The summed E-state index contributed by atoms with van der Waals surface area (Å²) >= 11 is 0. The molecular weight excluding hydrogens is 308 g/mol. The van der Waals surface area contributed by atoms with Gasteiger partial charge in [0, 0.05) is 28.7 Å². The predicted molar refractivity (Wildman–Crippen MR) is 96.0 cm³/mol. The molecule has 0 bridgehead atoms. The van der Waals surface area contributed by atoms with E-state index in [2.05, 4.69) is 4.98 Å². The second kappa shape index (κ2) is 6.36. The summed E-state index contributed by atoms with van der Waals surface area (Å²) in [6.45, 7) is 6.11. The van der Waals surface area contributed by atoms with Crippen LogP contribution in [0.1, 0.15) is 57.2 Å². The number of pyridine rings is 1. The maximum Gasteiger partial charge on any atom is 0.149 e. The fourth-order valence-corrected chi connectivity index (χ4v) is 7.19. The van der Waals surface area contributed by atoms with Crippen LogP contribution in [0.25, 0.3) is 10.9 Å². The first-order chi connectivity index (χ1) is 11.0. The summed E-state index contributed by atoms with van der Waals surface area (Å²) in [6.07, 6.45) is 5.45. The summed E-state index contributed by atoms with van der Waals surface area (Å²) < 4.78 is 28.3. The van der Waals surface area contributed by atoms with E-state index in [1.54, 1.807) is 6.07 Å². The van der Waals surface area contributed by atoms with Crippen molar-refractivity contribution in [2.75, 3.05) is 12.3 Å². The van der Waals surface area contributed by atoms with Gasteiger partial charge in [0.1, 0.15) is 18.5 Å². The standard InChI is InChI=1S/C19H25FNOP/c1-4-14-8-9-15-18(21-14)17(20)12-16(13(2)3)19(15)23(22)10-6-5-7-11-23/h8-9,12-13H,4-7,10-11H2,1-3H3. The van der Waals surface area contributed by atoms with E-state index in [1.165, 1.54) is 0 Å². The molecule has 1 fully saturated rings. The molecule has 1 aromatic heterocycles. The van der Waals surface area contributed by atoms with Crippen LogP contribution in [0, 0.1) is 5.82 Å². The molecule has 2 aromatic rings. The van der Waals surface area contributed by atoms with Gasteiger partial charge in [-0.2, -0.15) is 0 Å². The van der Waals surface area contributed by atoms with Crippen molar-refractivity contribution in [2.45, 2.75) is 52.4 Å². The molecule has 0 N–H and O–H groups in total. The van der Waals surface area contributed by atoms with Gasteiger partial charge in [-0.15, -0.1) is 0 Å². The highest BCUT2D eigenvalue weighted by molar-refractivity contribution is 7.72. The fourth-order valence-electron chi connectivity index (χ4n) is 3.64. The van der Waals surface area contributed by atoms with Gasteiger partial charge in [-0.05, 0) is 42.9 Å². The minimum Gasteiger partial charge on any atom is -0.319 e. The highest BCUT2D eigenvalue weighted by Gasteiger charge is 2.32. The Morgan fingerprint density at radius 3 is 2.52 bits per heavy atom. The molecule has 0 aliphatic carbocycles. The van der Waals surface area contributed by atoms with E-state index >= 15 is 0 Å². The number of halogens is 1. The Morgan fingerprint density at radius 1 is 1.22 bits per heavy atom. The van der Waals surface area contributed by atoms with Crippen molar-refractivity contribution < 1.29 is 8.96 Å². The third kappa shape index (κ3) is 2.96. The number of hydrogen-bond acceptors (Lipinski definition) is 2. The average Bonchev–Trinajstić information content (AvgIpc) is 2.54. The second-order valence-electron chi connectivity index (χ2n) is 6.90. The maximum atomic E-state index is 14.6. The lowest BCUT2D eigenvalue weighted by atomic mass is 10.00. The molecule has 0 saturated carbocycles. The van der Waals surface area contributed by atoms with Gasteiger partial charge in [0.05, 0.1) is 0 Å². The van der Waals surface area contributed by atoms with E-state index in [9.17, 15) is 8.96 Å². The molecule has 4 heteroatoms. The van der Waals surface area contributed by atoms with E-state index in [4.69, 9.17) is 0 Å². The Kier molecular flexibility index (Phi) is 4.60. The smallest absolute Gasteiger partial charge is 0.149 e. The molecule has 23 heavy (non-hydrogen) atoms. The lowest BCUT2D eigenvalue weighted by molar-refractivity contribution is 0.566. The predicted octanol–water partition coefficient (Wildman–Crippen LogP) is 5.23. The molecule has 0 radical (unpaired) electrons. The topological polar surface area (TPSA) is 30.0 Å². The van der Waals surface area contributed by atoms with Crippen molar-refractivity contribution >= 4 is 23.3 Å². The molecule has 3 rings (SSSR count). The van der Waals surface area contributed by atoms with Gasteiger partial charge in [0.25, 0.3) is 0 Å². The lowest BCUT2D eigenvalue weighted by Crippen LogP contribution is -2.21. The minimum atomic E-state index is -2.45. The van der Waals surface area contributed by atoms with Crippen molar-refractivity contribution in [1.29, 1.82) is 0 Å². The highest BCUT2D eigenvalue weighted by Crippen LogP contribution is 2.52. The summed E-state index contributed by atoms with van der Waals surface area (Å²) in [4.78, 5) is 4.48. The van der Waals surface area contributed by atoms with Crippen LogP contribution in [0.15, 0.2) is 18.2 Å². The molecule has 0 unspecified atom stereocenters. The lowest BCUT2D eigenvalue weighted by Gasteiger charge is -2.28. The SMILES string of the molecule is CCc1ccc2c(P3(=O)CCCCC3)c(C(C)C)cc(F)c2n1. The van der Waals surface area contributed by atoms with Crippen LogP contribution in [0.2, 0.25) is 0 Å². The number of hydrogen-bond donors (Lipinski definition) is 0. The van der Waals surface area contributed by atoms with E-state index < -0.39 is 7.14 Å². The summed E-state index contributed by atoms with van der Waals surface area (Å²) in [5.74, 6) is -0.131. The highest BCUT2D eigenvalue weighted by atomic mass is 31.2. The molecule has 1 aliphatic heterocycles. The van der Waals surface area contributed by atoms with Crippen LogP contribution in [0.3, 0.4) is 0 Å². The van der Waals surface area contributed by atoms with Gasteiger partial charge < -0.3 is 4.57 Å². The van der Waals surface area contributed by atoms with Crippen molar-refractivity contribution in [1.82, 2.24) is 4.98 Å². The first-order valence-corrected chi connectivity index (χ1v) is 10.7. The van der Waals surface area contributed by atoms with E-state index in [-0.39, 0.29) is 11.7 Å². The van der Waals surface area contributed by atoms with Crippen LogP contribution in [0.5, 0.6) is 0 Å². The number of rotatable bonds is 3. The van der Waals surface area contributed by atoms with Gasteiger partial charge in [-0.1, -0.05) is 33.3 Å². The van der Waals surface area contributed by atoms with Crippen LogP contribution in [-0.2, 0) is 11.0 Å². The molecule has 1 aromatic carbocycles. The molecule has 0 spiro atoms. The van der Waals surface area contributed by atoms with Gasteiger partial charge in [-0.25, -0.2) is 9.37 Å². The molecule has 0 atom stereocenters. The van der Waals surface area contributed by atoms with E-state index in [1.807, 2.05) is 32.9 Å². The van der Waals surface area contributed by atoms with Gasteiger partial charge >= 0.3 is 0 Å².